The van der Waals surface area contributed by atoms with Crippen LogP contribution in [0.25, 0.3) is 0 Å². The first-order valence-electron chi connectivity index (χ1n) is 26.4. The van der Waals surface area contributed by atoms with Gasteiger partial charge < -0.3 is 5.32 Å². The highest BCUT2D eigenvalue weighted by atomic mass is 14.9. The highest BCUT2D eigenvalue weighted by Crippen LogP contribution is 2.35. The third kappa shape index (κ3) is 64.2. The number of rotatable bonds is 37. The molecular weight excluding hydrogens is 699 g/mol. The first kappa shape index (κ1) is 66.1. The van der Waals surface area contributed by atoms with E-state index >= 15 is 0 Å². The van der Waals surface area contributed by atoms with Crippen LogP contribution < -0.4 is 5.32 Å². The van der Waals surface area contributed by atoms with Gasteiger partial charge in [0.1, 0.15) is 0 Å². The van der Waals surface area contributed by atoms with Crippen LogP contribution in [0.3, 0.4) is 0 Å². The number of hydrogen-bond donors (Lipinski definition) is 1. The average Bonchev–Trinajstić information content (AvgIpc) is 3.21. The molecule has 0 aliphatic rings. The molecule has 0 aliphatic carbocycles. The van der Waals surface area contributed by atoms with Gasteiger partial charge in [-0.25, -0.2) is 0 Å². The summed E-state index contributed by atoms with van der Waals surface area (Å²) < 4.78 is 0. The Balaban J connectivity index is -0.000000236. The quantitative estimate of drug-likeness (QED) is 0.0486. The SMILES string of the molecule is C=C(C)CCCCCCCCCCCCC.C=C(C)CCCCCCCCCCCCC.C=C(CCC(C)CC)NCCCC(C)(C)CCC(C)(C)CC.CC.CC. The summed E-state index contributed by atoms with van der Waals surface area (Å²) in [5.41, 5.74) is 4.88. The van der Waals surface area contributed by atoms with Gasteiger partial charge in [-0.05, 0) is 94.8 Å². The summed E-state index contributed by atoms with van der Waals surface area (Å²) in [4.78, 5) is 0. The smallest absolute Gasteiger partial charge is 0.0143 e. The van der Waals surface area contributed by atoms with Crippen LogP contribution in [0.5, 0.6) is 0 Å². The van der Waals surface area contributed by atoms with Gasteiger partial charge in [0.05, 0.1) is 0 Å². The predicted molar refractivity (Wildman–Crippen MR) is 277 cm³/mol. The normalized spacial score (nSPS) is 11.4. The van der Waals surface area contributed by atoms with Crippen molar-refractivity contribution in [3.63, 3.8) is 0 Å². The molecule has 0 saturated carbocycles. The Morgan fingerprint density at radius 2 is 0.776 bits per heavy atom. The molecule has 0 aromatic heterocycles. The van der Waals surface area contributed by atoms with Crippen molar-refractivity contribution >= 4 is 0 Å². The van der Waals surface area contributed by atoms with E-state index in [1.807, 2.05) is 27.7 Å². The fourth-order valence-corrected chi connectivity index (χ4v) is 6.71. The van der Waals surface area contributed by atoms with E-state index in [4.69, 9.17) is 0 Å². The Bertz CT molecular complexity index is 764. The van der Waals surface area contributed by atoms with Crippen LogP contribution >= 0.6 is 0 Å². The second kappa shape index (κ2) is 52.2. The number of hydrogen-bond acceptors (Lipinski definition) is 1. The van der Waals surface area contributed by atoms with Crippen LogP contribution in [0.2, 0.25) is 0 Å². The van der Waals surface area contributed by atoms with Crippen molar-refractivity contribution in [2.45, 2.75) is 309 Å². The third-order valence-corrected chi connectivity index (χ3v) is 11.9. The lowest BCUT2D eigenvalue weighted by atomic mass is 9.76. The lowest BCUT2D eigenvalue weighted by Crippen LogP contribution is -2.20. The van der Waals surface area contributed by atoms with Gasteiger partial charge in [-0.2, -0.15) is 0 Å². The van der Waals surface area contributed by atoms with E-state index in [1.54, 1.807) is 0 Å². The van der Waals surface area contributed by atoms with E-state index in [-0.39, 0.29) is 0 Å². The number of allylic oxidation sites excluding steroid dienone is 3. The monoisotopic (exact) mass is 818 g/mol. The summed E-state index contributed by atoms with van der Waals surface area (Å²) in [6.45, 7) is 46.5. The molecule has 0 radical (unpaired) electrons. The molecule has 1 atom stereocenters. The van der Waals surface area contributed by atoms with Gasteiger partial charge in [-0.1, -0.05) is 249 Å². The van der Waals surface area contributed by atoms with E-state index in [1.165, 1.54) is 216 Å². The topological polar surface area (TPSA) is 12.0 Å². The van der Waals surface area contributed by atoms with Gasteiger partial charge in [0.25, 0.3) is 0 Å². The maximum Gasteiger partial charge on any atom is 0.0143 e. The molecule has 0 fully saturated rings. The molecule has 0 bridgehead atoms. The average molecular weight is 819 g/mol. The van der Waals surface area contributed by atoms with E-state index < -0.39 is 0 Å². The minimum absolute atomic E-state index is 0.464. The molecule has 58 heavy (non-hydrogen) atoms. The number of unbranched alkanes of at least 4 members (excludes halogenated alkanes) is 20. The van der Waals surface area contributed by atoms with E-state index in [0.717, 1.165) is 18.9 Å². The molecule has 0 aliphatic heterocycles. The molecular formula is C57H119N. The molecule has 0 aromatic rings. The maximum absolute atomic E-state index is 4.16. The highest BCUT2D eigenvalue weighted by molar-refractivity contribution is 4.91. The zero-order valence-corrected chi connectivity index (χ0v) is 44.0. The van der Waals surface area contributed by atoms with E-state index in [9.17, 15) is 0 Å². The lowest BCUT2D eigenvalue weighted by Gasteiger charge is -2.30. The molecule has 0 rings (SSSR count). The van der Waals surface area contributed by atoms with E-state index in [0.29, 0.717) is 10.8 Å². The second-order valence-corrected chi connectivity index (χ2v) is 19.4. The van der Waals surface area contributed by atoms with E-state index in [2.05, 4.69) is 101 Å². The van der Waals surface area contributed by atoms with Crippen molar-refractivity contribution in [1.29, 1.82) is 0 Å². The van der Waals surface area contributed by atoms with Crippen molar-refractivity contribution < 1.29 is 0 Å². The standard InChI is InChI=1S/C21H43N.2C16H32.2C2H6/c1-9-18(3)12-13-19(4)22-17-11-14-21(7,8)16-15-20(5,6)10-2;2*1-4-5-6-7-8-9-10-11-12-13-14-15-16(2)3;2*1-2/h18,22H,4,9-17H2,1-3,5-8H3;2*2,4-15H2,1,3H3;2*1-2H3. The van der Waals surface area contributed by atoms with Gasteiger partial charge in [-0.15, -0.1) is 13.2 Å². The number of nitrogens with one attached hydrogen (secondary N) is 1. The van der Waals surface area contributed by atoms with Crippen LogP contribution in [-0.2, 0) is 0 Å². The van der Waals surface area contributed by atoms with Crippen LogP contribution in [0.1, 0.15) is 309 Å². The van der Waals surface area contributed by atoms with Crippen LogP contribution in [-0.4, -0.2) is 6.54 Å². The Hall–Kier alpha value is -0.980. The fourth-order valence-electron chi connectivity index (χ4n) is 6.71. The van der Waals surface area contributed by atoms with Gasteiger partial charge in [0.15, 0.2) is 0 Å². The van der Waals surface area contributed by atoms with Crippen molar-refractivity contribution in [2.24, 2.45) is 16.7 Å². The van der Waals surface area contributed by atoms with Crippen LogP contribution in [0, 0.1) is 16.7 Å². The summed E-state index contributed by atoms with van der Waals surface area (Å²) in [6, 6.07) is 0. The predicted octanol–water partition coefficient (Wildman–Crippen LogP) is 21.5. The first-order chi connectivity index (χ1) is 27.7. The van der Waals surface area contributed by atoms with Gasteiger partial charge in [0, 0.05) is 12.2 Å². The molecule has 0 amide bonds. The Kier molecular flexibility index (Phi) is 59.5. The van der Waals surface area contributed by atoms with Crippen LogP contribution in [0.15, 0.2) is 36.6 Å². The zero-order chi connectivity index (χ0) is 45.4. The Morgan fingerprint density at radius 3 is 1.09 bits per heavy atom. The fraction of sp³-hybridized carbons (Fsp3) is 0.895. The molecule has 0 saturated heterocycles. The summed E-state index contributed by atoms with van der Waals surface area (Å²) >= 11 is 0. The Morgan fingerprint density at radius 1 is 0.448 bits per heavy atom. The zero-order valence-electron chi connectivity index (χ0n) is 44.0. The lowest BCUT2D eigenvalue weighted by molar-refractivity contribution is 0.219. The summed E-state index contributed by atoms with van der Waals surface area (Å²) in [7, 11) is 0. The van der Waals surface area contributed by atoms with Crippen LogP contribution in [0.4, 0.5) is 0 Å². The molecule has 1 unspecified atom stereocenters. The minimum Gasteiger partial charge on any atom is -0.389 e. The van der Waals surface area contributed by atoms with Crippen molar-refractivity contribution in [2.75, 3.05) is 6.54 Å². The van der Waals surface area contributed by atoms with Gasteiger partial charge in [-0.3, -0.25) is 0 Å². The molecule has 0 spiro atoms. The molecule has 0 heterocycles. The summed E-state index contributed by atoms with van der Waals surface area (Å²) in [5, 5.41) is 3.52. The molecule has 1 nitrogen and oxygen atoms in total. The molecule has 352 valence electrons. The second-order valence-electron chi connectivity index (χ2n) is 19.4. The summed E-state index contributed by atoms with van der Waals surface area (Å²) in [6.07, 6.45) is 44.1. The highest BCUT2D eigenvalue weighted by Gasteiger charge is 2.22. The summed E-state index contributed by atoms with van der Waals surface area (Å²) in [5.74, 6) is 0.819. The largest absolute Gasteiger partial charge is 0.389 e. The van der Waals surface area contributed by atoms with Crippen molar-refractivity contribution in [1.82, 2.24) is 5.32 Å². The van der Waals surface area contributed by atoms with Crippen molar-refractivity contribution in [3.05, 3.63) is 36.6 Å². The molecule has 1 N–H and O–H groups in total. The van der Waals surface area contributed by atoms with Gasteiger partial charge in [0.2, 0.25) is 0 Å². The van der Waals surface area contributed by atoms with Gasteiger partial charge >= 0.3 is 0 Å². The Labute approximate surface area is 373 Å². The maximum atomic E-state index is 4.16. The molecule has 1 heteroatoms. The molecule has 0 aromatic carbocycles. The minimum atomic E-state index is 0.464. The third-order valence-electron chi connectivity index (χ3n) is 11.9. The first-order valence-corrected chi connectivity index (χ1v) is 26.4. The van der Waals surface area contributed by atoms with Crippen molar-refractivity contribution in [3.8, 4) is 0 Å².